The smallest absolute Gasteiger partial charge is 0.242 e. The van der Waals surface area contributed by atoms with Gasteiger partial charge in [-0.2, -0.15) is 0 Å². The van der Waals surface area contributed by atoms with E-state index < -0.39 is 0 Å². The van der Waals surface area contributed by atoms with E-state index in [0.29, 0.717) is 22.8 Å². The average Bonchev–Trinajstić information content (AvgIpc) is 2.46. The minimum absolute atomic E-state index is 0.0417. The lowest BCUT2D eigenvalue weighted by Crippen LogP contribution is -2.49. The first-order chi connectivity index (χ1) is 10.0. The number of halogens is 1. The van der Waals surface area contributed by atoms with E-state index in [4.69, 9.17) is 16.7 Å². The van der Waals surface area contributed by atoms with Crippen molar-refractivity contribution in [2.75, 3.05) is 11.9 Å². The van der Waals surface area contributed by atoms with Crippen LogP contribution >= 0.6 is 11.6 Å². The number of nitrogens with zero attached hydrogens (tertiary/aromatic N) is 1. The van der Waals surface area contributed by atoms with Crippen LogP contribution in [0.1, 0.15) is 38.7 Å². The molecule has 1 fully saturated rings. The molecule has 2 rings (SSSR count). The molecule has 0 saturated carbocycles. The summed E-state index contributed by atoms with van der Waals surface area (Å²) in [7, 11) is 0. The summed E-state index contributed by atoms with van der Waals surface area (Å²) in [4.78, 5) is 14.4. The number of amides is 1. The van der Waals surface area contributed by atoms with Gasteiger partial charge in [-0.25, -0.2) is 0 Å². The Hall–Kier alpha value is -1.26. The Morgan fingerprint density at radius 1 is 1.38 bits per heavy atom. The molecule has 4 nitrogen and oxygen atoms in total. The van der Waals surface area contributed by atoms with E-state index >= 15 is 0 Å². The molecule has 21 heavy (non-hydrogen) atoms. The third-order valence-corrected chi connectivity index (χ3v) is 4.45. The van der Waals surface area contributed by atoms with Gasteiger partial charge in [0.05, 0.1) is 23.9 Å². The molecule has 1 aliphatic heterocycles. The summed E-state index contributed by atoms with van der Waals surface area (Å²) < 4.78 is 0. The first-order valence-corrected chi connectivity index (χ1v) is 7.85. The van der Waals surface area contributed by atoms with E-state index in [-0.39, 0.29) is 19.1 Å². The average molecular weight is 311 g/mol. The third-order valence-electron chi connectivity index (χ3n) is 4.12. The largest absolute Gasteiger partial charge is 0.392 e. The fraction of sp³-hybridized carbons (Fsp3) is 0.562. The van der Waals surface area contributed by atoms with Gasteiger partial charge in [0.2, 0.25) is 5.91 Å². The number of anilines is 1. The molecule has 2 atom stereocenters. The number of aliphatic hydroxyl groups is 1. The molecular weight excluding hydrogens is 288 g/mol. The lowest BCUT2D eigenvalue weighted by atomic mass is 9.97. The van der Waals surface area contributed by atoms with E-state index in [2.05, 4.69) is 19.2 Å². The number of likely N-dealkylation sites (tertiary alicyclic amines) is 1. The van der Waals surface area contributed by atoms with Crippen LogP contribution in [0.5, 0.6) is 0 Å². The highest BCUT2D eigenvalue weighted by Crippen LogP contribution is 2.25. The number of hydrogen-bond acceptors (Lipinski definition) is 3. The van der Waals surface area contributed by atoms with Gasteiger partial charge >= 0.3 is 0 Å². The topological polar surface area (TPSA) is 52.6 Å². The number of carbonyl (C=O) groups excluding carboxylic acids is 1. The molecule has 0 radical (unpaired) electrons. The number of hydrogen-bond donors (Lipinski definition) is 2. The van der Waals surface area contributed by atoms with Crippen molar-refractivity contribution in [2.24, 2.45) is 0 Å². The van der Waals surface area contributed by atoms with Crippen LogP contribution in [0.15, 0.2) is 18.2 Å². The van der Waals surface area contributed by atoms with Crippen LogP contribution in [-0.4, -0.2) is 34.5 Å². The SMILES string of the molecule is CC1CCCC(C)N1C(=O)CNc1cc(CO)ccc1Cl. The molecule has 1 aliphatic rings. The maximum absolute atomic E-state index is 12.4. The highest BCUT2D eigenvalue weighted by Gasteiger charge is 2.28. The molecular formula is C16H23ClN2O2. The van der Waals surface area contributed by atoms with E-state index in [1.807, 2.05) is 4.90 Å². The Bertz CT molecular complexity index is 497. The number of benzene rings is 1. The molecule has 1 heterocycles. The van der Waals surface area contributed by atoms with Crippen molar-refractivity contribution in [3.05, 3.63) is 28.8 Å². The van der Waals surface area contributed by atoms with E-state index in [1.165, 1.54) is 6.42 Å². The van der Waals surface area contributed by atoms with Crippen molar-refractivity contribution in [3.63, 3.8) is 0 Å². The summed E-state index contributed by atoms with van der Waals surface area (Å²) in [6, 6.07) is 5.86. The zero-order valence-electron chi connectivity index (χ0n) is 12.6. The van der Waals surface area contributed by atoms with Crippen LogP contribution in [0.3, 0.4) is 0 Å². The van der Waals surface area contributed by atoms with Crippen LogP contribution < -0.4 is 5.32 Å². The fourth-order valence-electron chi connectivity index (χ4n) is 2.98. The number of piperidine rings is 1. The zero-order chi connectivity index (χ0) is 15.4. The van der Waals surface area contributed by atoms with Gasteiger partial charge in [-0.3, -0.25) is 4.79 Å². The second kappa shape index (κ2) is 7.14. The Labute approximate surface area is 131 Å². The van der Waals surface area contributed by atoms with Gasteiger partial charge < -0.3 is 15.3 Å². The monoisotopic (exact) mass is 310 g/mol. The number of aliphatic hydroxyl groups excluding tert-OH is 1. The van der Waals surface area contributed by atoms with Gasteiger partial charge in [-0.1, -0.05) is 17.7 Å². The number of carbonyl (C=O) groups is 1. The van der Waals surface area contributed by atoms with Gasteiger partial charge in [-0.15, -0.1) is 0 Å². The maximum atomic E-state index is 12.4. The van der Waals surface area contributed by atoms with Gasteiger partial charge in [0.1, 0.15) is 0 Å². The summed E-state index contributed by atoms with van der Waals surface area (Å²) in [6.07, 6.45) is 3.32. The molecule has 5 heteroatoms. The van der Waals surface area contributed by atoms with E-state index in [9.17, 15) is 4.79 Å². The summed E-state index contributed by atoms with van der Waals surface area (Å²) in [6.45, 7) is 4.39. The van der Waals surface area contributed by atoms with Gasteiger partial charge in [0, 0.05) is 12.1 Å². The molecule has 0 aliphatic carbocycles. The van der Waals surface area contributed by atoms with Crippen molar-refractivity contribution < 1.29 is 9.90 Å². The first kappa shape index (κ1) is 16.1. The van der Waals surface area contributed by atoms with Gasteiger partial charge in [-0.05, 0) is 50.8 Å². The summed E-state index contributed by atoms with van der Waals surface area (Å²) in [5, 5.41) is 12.8. The van der Waals surface area contributed by atoms with Crippen LogP contribution in [0.25, 0.3) is 0 Å². The van der Waals surface area contributed by atoms with Gasteiger partial charge in [0.15, 0.2) is 0 Å². The molecule has 0 aromatic heterocycles. The maximum Gasteiger partial charge on any atom is 0.242 e. The highest BCUT2D eigenvalue weighted by molar-refractivity contribution is 6.33. The minimum Gasteiger partial charge on any atom is -0.392 e. The van der Waals surface area contributed by atoms with Crippen LogP contribution in [0.4, 0.5) is 5.69 Å². The normalized spacial score (nSPS) is 22.2. The van der Waals surface area contributed by atoms with E-state index in [1.54, 1.807) is 18.2 Å². The standard InChI is InChI=1S/C16H23ClN2O2/c1-11-4-3-5-12(2)19(11)16(21)9-18-15-8-13(10-20)6-7-14(15)17/h6-8,11-12,18,20H,3-5,9-10H2,1-2H3. The molecule has 1 aromatic rings. The van der Waals surface area contributed by atoms with Crippen molar-refractivity contribution in [3.8, 4) is 0 Å². The Kier molecular flexibility index (Phi) is 5.48. The predicted octanol–water partition coefficient (Wildman–Crippen LogP) is 3.03. The molecule has 2 unspecified atom stereocenters. The van der Waals surface area contributed by atoms with Crippen LogP contribution in [0, 0.1) is 0 Å². The lowest BCUT2D eigenvalue weighted by Gasteiger charge is -2.39. The molecule has 116 valence electrons. The minimum atomic E-state index is -0.0417. The van der Waals surface area contributed by atoms with Crippen LogP contribution in [0.2, 0.25) is 5.02 Å². The van der Waals surface area contributed by atoms with Crippen molar-refractivity contribution >= 4 is 23.2 Å². The summed E-state index contributed by atoms with van der Waals surface area (Å²) in [5.41, 5.74) is 1.46. The quantitative estimate of drug-likeness (QED) is 0.899. The zero-order valence-corrected chi connectivity index (χ0v) is 13.4. The molecule has 0 spiro atoms. The van der Waals surface area contributed by atoms with Crippen molar-refractivity contribution in [1.82, 2.24) is 4.90 Å². The summed E-state index contributed by atoms with van der Waals surface area (Å²) >= 11 is 6.11. The highest BCUT2D eigenvalue weighted by atomic mass is 35.5. The van der Waals surface area contributed by atoms with Crippen molar-refractivity contribution in [1.29, 1.82) is 0 Å². The molecule has 1 aromatic carbocycles. The van der Waals surface area contributed by atoms with Gasteiger partial charge in [0.25, 0.3) is 0 Å². The molecule has 1 amide bonds. The second-order valence-electron chi connectivity index (χ2n) is 5.76. The lowest BCUT2D eigenvalue weighted by molar-refractivity contribution is -0.135. The first-order valence-electron chi connectivity index (χ1n) is 7.47. The van der Waals surface area contributed by atoms with Crippen LogP contribution in [-0.2, 0) is 11.4 Å². The third kappa shape index (κ3) is 3.89. The Morgan fingerprint density at radius 2 is 2.05 bits per heavy atom. The predicted molar refractivity (Wildman–Crippen MR) is 85.5 cm³/mol. The fourth-order valence-corrected chi connectivity index (χ4v) is 3.17. The van der Waals surface area contributed by atoms with Crippen molar-refractivity contribution in [2.45, 2.75) is 51.8 Å². The molecule has 2 N–H and O–H groups in total. The number of nitrogens with one attached hydrogen (secondary N) is 1. The number of rotatable bonds is 4. The summed E-state index contributed by atoms with van der Waals surface area (Å²) in [5.74, 6) is 0.0974. The second-order valence-corrected chi connectivity index (χ2v) is 6.16. The Balaban J connectivity index is 2.00. The molecule has 0 bridgehead atoms. The van der Waals surface area contributed by atoms with E-state index in [0.717, 1.165) is 18.4 Å². The molecule has 1 saturated heterocycles. The Morgan fingerprint density at radius 3 is 2.67 bits per heavy atom.